The molecule has 3 rings (SSSR count). The molecule has 0 saturated heterocycles. The number of amides is 1. The van der Waals surface area contributed by atoms with Gasteiger partial charge >= 0.3 is 18.0 Å². The highest BCUT2D eigenvalue weighted by Gasteiger charge is 2.30. The molecule has 0 saturated carbocycles. The Labute approximate surface area is 205 Å². The van der Waals surface area contributed by atoms with Crippen molar-refractivity contribution in [1.82, 2.24) is 4.90 Å². The summed E-state index contributed by atoms with van der Waals surface area (Å²) >= 11 is 0. The molecule has 3 aromatic rings. The molecule has 1 amide bonds. The second-order valence-electron chi connectivity index (χ2n) is 8.77. The SMILES string of the molecule is CC(C)(C)N(CC(=O)OCc1ccccc1)C(=O)OCOC(=O)c1ccccc1-c1ccccc1. The Morgan fingerprint density at radius 3 is 2.00 bits per heavy atom. The Balaban J connectivity index is 1.56. The Bertz CT molecular complexity index is 1140. The lowest BCUT2D eigenvalue weighted by Crippen LogP contribution is -2.49. The zero-order chi connectivity index (χ0) is 25.3. The first-order chi connectivity index (χ1) is 16.8. The topological polar surface area (TPSA) is 82.1 Å². The van der Waals surface area contributed by atoms with Crippen molar-refractivity contribution in [3.8, 4) is 11.1 Å². The number of rotatable bonds is 8. The van der Waals surface area contributed by atoms with Gasteiger partial charge in [0.05, 0.1) is 5.56 Å². The van der Waals surface area contributed by atoms with E-state index in [1.54, 1.807) is 32.9 Å². The summed E-state index contributed by atoms with van der Waals surface area (Å²) in [5, 5.41) is 0. The molecule has 7 heteroatoms. The minimum absolute atomic E-state index is 0.102. The average Bonchev–Trinajstić information content (AvgIpc) is 2.86. The van der Waals surface area contributed by atoms with Crippen LogP contribution in [0.2, 0.25) is 0 Å². The fourth-order valence-corrected chi connectivity index (χ4v) is 3.31. The van der Waals surface area contributed by atoms with Gasteiger partial charge in [-0.3, -0.25) is 9.69 Å². The zero-order valence-electron chi connectivity index (χ0n) is 20.1. The molecule has 0 atom stereocenters. The Hall–Kier alpha value is -4.13. The standard InChI is InChI=1S/C28H29NO6/c1-28(2,3)29(18-25(30)33-19-21-12-6-4-7-13-21)27(32)35-20-34-26(31)24-17-11-10-16-23(24)22-14-8-5-9-15-22/h4-17H,18-20H2,1-3H3. The summed E-state index contributed by atoms with van der Waals surface area (Å²) in [6.07, 6.45) is -0.793. The first kappa shape index (κ1) is 25.5. The van der Waals surface area contributed by atoms with Crippen molar-refractivity contribution in [2.45, 2.75) is 32.9 Å². The van der Waals surface area contributed by atoms with Gasteiger partial charge in [0.1, 0.15) is 13.2 Å². The lowest BCUT2D eigenvalue weighted by molar-refractivity contribution is -0.147. The largest absolute Gasteiger partial charge is 0.459 e. The highest BCUT2D eigenvalue weighted by atomic mass is 16.7. The van der Waals surface area contributed by atoms with E-state index < -0.39 is 30.4 Å². The molecule has 0 N–H and O–H groups in total. The van der Waals surface area contributed by atoms with Crippen LogP contribution >= 0.6 is 0 Å². The lowest BCUT2D eigenvalue weighted by Gasteiger charge is -2.33. The van der Waals surface area contributed by atoms with Gasteiger partial charge in [0, 0.05) is 5.54 Å². The molecule has 0 aliphatic carbocycles. The Morgan fingerprint density at radius 1 is 0.743 bits per heavy atom. The van der Waals surface area contributed by atoms with E-state index in [-0.39, 0.29) is 13.2 Å². The van der Waals surface area contributed by atoms with Crippen LogP contribution in [0, 0.1) is 0 Å². The highest BCUT2D eigenvalue weighted by Crippen LogP contribution is 2.24. The second-order valence-corrected chi connectivity index (χ2v) is 8.77. The van der Waals surface area contributed by atoms with Gasteiger partial charge in [-0.2, -0.15) is 0 Å². The quantitative estimate of drug-likeness (QED) is 0.318. The van der Waals surface area contributed by atoms with Crippen LogP contribution in [0.15, 0.2) is 84.9 Å². The van der Waals surface area contributed by atoms with E-state index in [9.17, 15) is 14.4 Å². The van der Waals surface area contributed by atoms with Gasteiger partial charge in [0.15, 0.2) is 0 Å². The first-order valence-electron chi connectivity index (χ1n) is 11.2. The maximum atomic E-state index is 12.7. The number of esters is 2. The van der Waals surface area contributed by atoms with E-state index in [4.69, 9.17) is 14.2 Å². The number of ether oxygens (including phenoxy) is 3. The van der Waals surface area contributed by atoms with Gasteiger partial charge in [-0.25, -0.2) is 9.59 Å². The minimum atomic E-state index is -0.793. The van der Waals surface area contributed by atoms with Crippen molar-refractivity contribution in [3.63, 3.8) is 0 Å². The van der Waals surface area contributed by atoms with E-state index in [1.807, 2.05) is 72.8 Å². The number of carbonyl (C=O) groups excluding carboxylic acids is 3. The fraction of sp³-hybridized carbons (Fsp3) is 0.250. The van der Waals surface area contributed by atoms with Crippen LogP contribution in [-0.2, 0) is 25.6 Å². The second kappa shape index (κ2) is 11.8. The van der Waals surface area contributed by atoms with Crippen LogP contribution in [0.3, 0.4) is 0 Å². The molecule has 182 valence electrons. The number of benzene rings is 3. The van der Waals surface area contributed by atoms with Crippen LogP contribution in [0.1, 0.15) is 36.7 Å². The van der Waals surface area contributed by atoms with Crippen LogP contribution in [0.25, 0.3) is 11.1 Å². The molecule has 0 radical (unpaired) electrons. The molecule has 35 heavy (non-hydrogen) atoms. The smallest absolute Gasteiger partial charge is 0.413 e. The van der Waals surface area contributed by atoms with Crippen LogP contribution in [-0.4, -0.2) is 41.8 Å². The number of hydrogen-bond donors (Lipinski definition) is 0. The lowest BCUT2D eigenvalue weighted by atomic mass is 10.00. The molecule has 0 aliphatic heterocycles. The predicted octanol–water partition coefficient (Wildman–Crippen LogP) is 5.45. The van der Waals surface area contributed by atoms with Crippen molar-refractivity contribution >= 4 is 18.0 Å². The molecular formula is C28H29NO6. The maximum Gasteiger partial charge on any atom is 0.413 e. The van der Waals surface area contributed by atoms with Gasteiger partial charge in [-0.1, -0.05) is 78.9 Å². The minimum Gasteiger partial charge on any atom is -0.459 e. The monoisotopic (exact) mass is 475 g/mol. The molecule has 7 nitrogen and oxygen atoms in total. The third-order valence-electron chi connectivity index (χ3n) is 5.16. The third-order valence-corrected chi connectivity index (χ3v) is 5.16. The van der Waals surface area contributed by atoms with E-state index in [0.717, 1.165) is 11.1 Å². The summed E-state index contributed by atoms with van der Waals surface area (Å²) in [4.78, 5) is 39.0. The molecule has 0 heterocycles. The molecule has 0 aromatic heterocycles. The van der Waals surface area contributed by atoms with E-state index >= 15 is 0 Å². The summed E-state index contributed by atoms with van der Waals surface area (Å²) in [5.74, 6) is -1.20. The number of carbonyl (C=O) groups is 3. The van der Waals surface area contributed by atoms with Crippen molar-refractivity contribution in [1.29, 1.82) is 0 Å². The molecule has 0 fully saturated rings. The van der Waals surface area contributed by atoms with Crippen molar-refractivity contribution in [2.75, 3.05) is 13.3 Å². The first-order valence-corrected chi connectivity index (χ1v) is 11.2. The van der Waals surface area contributed by atoms with Gasteiger partial charge in [0.25, 0.3) is 0 Å². The van der Waals surface area contributed by atoms with Gasteiger partial charge < -0.3 is 14.2 Å². The molecule has 0 aliphatic rings. The van der Waals surface area contributed by atoms with Crippen LogP contribution in [0.4, 0.5) is 4.79 Å². The Morgan fingerprint density at radius 2 is 1.34 bits per heavy atom. The van der Waals surface area contributed by atoms with Gasteiger partial charge in [-0.05, 0) is 43.5 Å². The zero-order valence-corrected chi connectivity index (χ0v) is 20.1. The van der Waals surface area contributed by atoms with Crippen molar-refractivity contribution < 1.29 is 28.6 Å². The number of hydrogen-bond acceptors (Lipinski definition) is 6. The average molecular weight is 476 g/mol. The molecule has 0 bridgehead atoms. The van der Waals surface area contributed by atoms with Gasteiger partial charge in [-0.15, -0.1) is 0 Å². The van der Waals surface area contributed by atoms with E-state index in [1.165, 1.54) is 4.90 Å². The van der Waals surface area contributed by atoms with Gasteiger partial charge in [0.2, 0.25) is 6.79 Å². The summed E-state index contributed by atoms with van der Waals surface area (Å²) in [5.41, 5.74) is 2.04. The summed E-state index contributed by atoms with van der Waals surface area (Å²) in [6.45, 7) is 4.50. The summed E-state index contributed by atoms with van der Waals surface area (Å²) in [6, 6.07) is 25.7. The molecule has 0 unspecified atom stereocenters. The van der Waals surface area contributed by atoms with E-state index in [0.29, 0.717) is 11.1 Å². The predicted molar refractivity (Wildman–Crippen MR) is 131 cm³/mol. The third kappa shape index (κ3) is 7.43. The molecule has 3 aromatic carbocycles. The van der Waals surface area contributed by atoms with E-state index in [2.05, 4.69) is 0 Å². The Kier molecular flexibility index (Phi) is 8.62. The normalized spacial score (nSPS) is 10.8. The van der Waals surface area contributed by atoms with Crippen LogP contribution in [0.5, 0.6) is 0 Å². The fourth-order valence-electron chi connectivity index (χ4n) is 3.31. The van der Waals surface area contributed by atoms with Crippen LogP contribution < -0.4 is 0 Å². The highest BCUT2D eigenvalue weighted by molar-refractivity contribution is 5.97. The molecule has 0 spiro atoms. The summed E-state index contributed by atoms with van der Waals surface area (Å²) in [7, 11) is 0. The number of nitrogens with zero attached hydrogens (tertiary/aromatic N) is 1. The van der Waals surface area contributed by atoms with Crippen molar-refractivity contribution in [2.24, 2.45) is 0 Å². The molecular weight excluding hydrogens is 446 g/mol. The maximum absolute atomic E-state index is 12.7. The van der Waals surface area contributed by atoms with Crippen molar-refractivity contribution in [3.05, 3.63) is 96.1 Å². The summed E-state index contributed by atoms with van der Waals surface area (Å²) < 4.78 is 15.7.